The summed E-state index contributed by atoms with van der Waals surface area (Å²) in [4.78, 5) is 37.4. The molecule has 31 heavy (non-hydrogen) atoms. The van der Waals surface area contributed by atoms with Gasteiger partial charge >= 0.3 is 5.97 Å². The second kappa shape index (κ2) is 10.0. The van der Waals surface area contributed by atoms with Crippen LogP contribution >= 0.6 is 11.3 Å². The lowest BCUT2D eigenvalue weighted by molar-refractivity contribution is 0.0529. The minimum absolute atomic E-state index is 0.0854. The van der Waals surface area contributed by atoms with Crippen LogP contribution in [-0.2, 0) is 11.3 Å². The molecule has 0 saturated heterocycles. The second-order valence-corrected chi connectivity index (χ2v) is 7.42. The van der Waals surface area contributed by atoms with Gasteiger partial charge < -0.3 is 14.8 Å². The van der Waals surface area contributed by atoms with E-state index >= 15 is 0 Å². The quantitative estimate of drug-likeness (QED) is 0.534. The molecule has 0 spiro atoms. The third-order valence-electron chi connectivity index (χ3n) is 4.43. The third kappa shape index (κ3) is 5.00. The number of carbonyl (C=O) groups is 2. The Morgan fingerprint density at radius 2 is 1.87 bits per heavy atom. The molecule has 8 nitrogen and oxygen atoms in total. The van der Waals surface area contributed by atoms with Gasteiger partial charge in [-0.25, -0.2) is 9.48 Å². The Morgan fingerprint density at radius 3 is 2.52 bits per heavy atom. The van der Waals surface area contributed by atoms with Gasteiger partial charge in [0.15, 0.2) is 0 Å². The van der Waals surface area contributed by atoms with E-state index in [-0.39, 0.29) is 23.4 Å². The number of amides is 1. The standard InChI is InChI=1S/C22H23N3O5S/c1-4-12-25-18(26)11-10-17(24-25)20(27)23-21-19(22(28)30-5-2)16(13-31-21)14-6-8-15(29-3)9-7-14/h6-11,13H,4-5,12H2,1-3H3,(H,23,27). The predicted octanol–water partition coefficient (Wildman–Crippen LogP) is 3.82. The Kier molecular flexibility index (Phi) is 7.19. The molecule has 0 fully saturated rings. The fourth-order valence-corrected chi connectivity index (χ4v) is 3.90. The van der Waals surface area contributed by atoms with Crippen molar-refractivity contribution in [3.8, 4) is 16.9 Å². The number of carbonyl (C=O) groups excluding carboxylic acids is 2. The maximum Gasteiger partial charge on any atom is 0.341 e. The lowest BCUT2D eigenvalue weighted by atomic mass is 10.0. The topological polar surface area (TPSA) is 99.5 Å². The highest BCUT2D eigenvalue weighted by atomic mass is 32.1. The molecular formula is C22H23N3O5S. The molecule has 0 unspecified atom stereocenters. The van der Waals surface area contributed by atoms with E-state index in [0.29, 0.717) is 29.3 Å². The number of aryl methyl sites for hydroxylation is 1. The van der Waals surface area contributed by atoms with Crippen molar-refractivity contribution in [1.29, 1.82) is 0 Å². The van der Waals surface area contributed by atoms with E-state index in [2.05, 4.69) is 10.4 Å². The molecule has 0 saturated carbocycles. The average Bonchev–Trinajstić information content (AvgIpc) is 3.19. The molecule has 0 aliphatic rings. The van der Waals surface area contributed by atoms with Gasteiger partial charge in [-0.15, -0.1) is 11.3 Å². The molecule has 3 aromatic rings. The van der Waals surface area contributed by atoms with E-state index in [1.807, 2.05) is 19.1 Å². The molecule has 0 radical (unpaired) electrons. The molecule has 0 bridgehead atoms. The Balaban J connectivity index is 1.96. The summed E-state index contributed by atoms with van der Waals surface area (Å²) in [5, 5.41) is 9.00. The Labute approximate surface area is 183 Å². The first-order valence-corrected chi connectivity index (χ1v) is 10.7. The molecule has 0 aliphatic heterocycles. The number of hydrogen-bond acceptors (Lipinski definition) is 7. The molecule has 2 heterocycles. The number of benzene rings is 1. The monoisotopic (exact) mass is 441 g/mol. The van der Waals surface area contributed by atoms with Crippen molar-refractivity contribution in [2.45, 2.75) is 26.8 Å². The summed E-state index contributed by atoms with van der Waals surface area (Å²) in [7, 11) is 1.58. The number of rotatable bonds is 8. The smallest absolute Gasteiger partial charge is 0.341 e. The number of methoxy groups -OCH3 is 1. The Bertz CT molecular complexity index is 1130. The van der Waals surface area contributed by atoms with Gasteiger partial charge in [-0.3, -0.25) is 9.59 Å². The first-order valence-electron chi connectivity index (χ1n) is 9.81. The zero-order chi connectivity index (χ0) is 22.4. The molecule has 9 heteroatoms. The van der Waals surface area contributed by atoms with Crippen LogP contribution in [0.1, 0.15) is 41.1 Å². The molecule has 0 aliphatic carbocycles. The molecule has 1 amide bonds. The van der Waals surface area contributed by atoms with Crippen LogP contribution in [0.4, 0.5) is 5.00 Å². The molecule has 1 N–H and O–H groups in total. The third-order valence-corrected chi connectivity index (χ3v) is 5.33. The second-order valence-electron chi connectivity index (χ2n) is 6.54. The summed E-state index contributed by atoms with van der Waals surface area (Å²) in [5.74, 6) is -0.356. The lowest BCUT2D eigenvalue weighted by Gasteiger charge is -2.10. The van der Waals surface area contributed by atoms with Crippen LogP contribution in [0.3, 0.4) is 0 Å². The largest absolute Gasteiger partial charge is 0.497 e. The van der Waals surface area contributed by atoms with Gasteiger partial charge in [-0.05, 0) is 37.1 Å². The van der Waals surface area contributed by atoms with Crippen molar-refractivity contribution in [1.82, 2.24) is 9.78 Å². The van der Waals surface area contributed by atoms with Gasteiger partial charge in [0.2, 0.25) is 0 Å². The number of ether oxygens (including phenoxy) is 2. The molecule has 0 atom stereocenters. The summed E-state index contributed by atoms with van der Waals surface area (Å²) in [6, 6.07) is 9.92. The minimum atomic E-state index is -0.534. The van der Waals surface area contributed by atoms with E-state index in [0.717, 1.165) is 5.56 Å². The van der Waals surface area contributed by atoms with Crippen molar-refractivity contribution in [3.63, 3.8) is 0 Å². The van der Waals surface area contributed by atoms with Gasteiger partial charge in [0, 0.05) is 23.6 Å². The van der Waals surface area contributed by atoms with Crippen molar-refractivity contribution >= 4 is 28.2 Å². The lowest BCUT2D eigenvalue weighted by Crippen LogP contribution is -2.26. The highest BCUT2D eigenvalue weighted by Crippen LogP contribution is 2.37. The van der Waals surface area contributed by atoms with E-state index in [4.69, 9.17) is 9.47 Å². The van der Waals surface area contributed by atoms with Crippen LogP contribution in [0.15, 0.2) is 46.6 Å². The molecule has 162 valence electrons. The highest BCUT2D eigenvalue weighted by molar-refractivity contribution is 7.15. The molecule has 3 rings (SSSR count). The molecule has 1 aromatic carbocycles. The van der Waals surface area contributed by atoms with Crippen molar-refractivity contribution in [2.75, 3.05) is 19.0 Å². The minimum Gasteiger partial charge on any atom is -0.497 e. The molecule has 2 aromatic heterocycles. The number of nitrogens with zero attached hydrogens (tertiary/aromatic N) is 2. The maximum absolute atomic E-state index is 12.8. The average molecular weight is 442 g/mol. The van der Waals surface area contributed by atoms with Crippen LogP contribution in [0, 0.1) is 0 Å². The Morgan fingerprint density at radius 1 is 1.13 bits per heavy atom. The van der Waals surface area contributed by atoms with Crippen molar-refractivity contribution < 1.29 is 19.1 Å². The van der Waals surface area contributed by atoms with E-state index in [1.54, 1.807) is 31.5 Å². The molecular weight excluding hydrogens is 418 g/mol. The number of esters is 1. The summed E-state index contributed by atoms with van der Waals surface area (Å²) in [6.45, 7) is 4.25. The number of anilines is 1. The first kappa shape index (κ1) is 22.2. The summed E-state index contributed by atoms with van der Waals surface area (Å²) >= 11 is 1.22. The summed E-state index contributed by atoms with van der Waals surface area (Å²) in [6.07, 6.45) is 0.709. The van der Waals surface area contributed by atoms with Crippen LogP contribution in [-0.4, -0.2) is 35.4 Å². The van der Waals surface area contributed by atoms with Crippen LogP contribution in [0.5, 0.6) is 5.75 Å². The van der Waals surface area contributed by atoms with Crippen molar-refractivity contribution in [3.05, 3.63) is 63.4 Å². The van der Waals surface area contributed by atoms with Gasteiger partial charge in [-0.2, -0.15) is 5.10 Å². The predicted molar refractivity (Wildman–Crippen MR) is 119 cm³/mol. The zero-order valence-corrected chi connectivity index (χ0v) is 18.3. The summed E-state index contributed by atoms with van der Waals surface area (Å²) < 4.78 is 11.7. The normalized spacial score (nSPS) is 10.5. The highest BCUT2D eigenvalue weighted by Gasteiger charge is 2.23. The van der Waals surface area contributed by atoms with E-state index < -0.39 is 11.9 Å². The first-order chi connectivity index (χ1) is 15.0. The van der Waals surface area contributed by atoms with Crippen LogP contribution in [0.25, 0.3) is 11.1 Å². The summed E-state index contributed by atoms with van der Waals surface area (Å²) in [5.41, 5.74) is 1.51. The fraction of sp³-hybridized carbons (Fsp3) is 0.273. The van der Waals surface area contributed by atoms with Gasteiger partial charge in [-0.1, -0.05) is 19.1 Å². The van der Waals surface area contributed by atoms with Crippen LogP contribution < -0.4 is 15.6 Å². The number of aromatic nitrogens is 2. The number of hydrogen-bond donors (Lipinski definition) is 1. The van der Waals surface area contributed by atoms with Gasteiger partial charge in [0.1, 0.15) is 22.0 Å². The van der Waals surface area contributed by atoms with E-state index in [1.165, 1.54) is 28.2 Å². The van der Waals surface area contributed by atoms with Crippen LogP contribution in [0.2, 0.25) is 0 Å². The van der Waals surface area contributed by atoms with Gasteiger partial charge in [0.05, 0.1) is 13.7 Å². The Hall–Kier alpha value is -3.46. The zero-order valence-electron chi connectivity index (χ0n) is 17.5. The van der Waals surface area contributed by atoms with E-state index in [9.17, 15) is 14.4 Å². The number of nitrogens with one attached hydrogen (secondary N) is 1. The number of thiophene rings is 1. The van der Waals surface area contributed by atoms with Crippen molar-refractivity contribution in [2.24, 2.45) is 0 Å². The van der Waals surface area contributed by atoms with Gasteiger partial charge in [0.25, 0.3) is 11.5 Å². The fourth-order valence-electron chi connectivity index (χ4n) is 2.95. The maximum atomic E-state index is 12.8. The SMILES string of the molecule is CCCn1nc(C(=O)Nc2scc(-c3ccc(OC)cc3)c2C(=O)OCC)ccc1=O.